The fraction of sp³-hybridized carbons (Fsp3) is 0.440. The van der Waals surface area contributed by atoms with E-state index in [2.05, 4.69) is 31.5 Å². The highest BCUT2D eigenvalue weighted by molar-refractivity contribution is 7.18. The molecule has 2 saturated heterocycles. The Labute approximate surface area is 208 Å². The molecule has 6 rings (SSSR count). The first-order valence-corrected chi connectivity index (χ1v) is 13.2. The molecule has 0 spiro atoms. The zero-order valence-corrected chi connectivity index (χ0v) is 20.8. The smallest absolute Gasteiger partial charge is 0.264 e. The van der Waals surface area contributed by atoms with Crippen LogP contribution in [0.3, 0.4) is 0 Å². The van der Waals surface area contributed by atoms with Gasteiger partial charge >= 0.3 is 0 Å². The normalized spacial score (nSPS) is 16.9. The van der Waals surface area contributed by atoms with Crippen LogP contribution in [-0.4, -0.2) is 66.5 Å². The number of rotatable bonds is 6. The molecule has 2 aliphatic heterocycles. The predicted octanol–water partition coefficient (Wildman–Crippen LogP) is 4.45. The van der Waals surface area contributed by atoms with Crippen molar-refractivity contribution >= 4 is 33.7 Å². The lowest BCUT2D eigenvalue weighted by Crippen LogP contribution is -2.35. The Bertz CT molecular complexity index is 1330. The molecule has 1 amide bonds. The highest BCUT2D eigenvalue weighted by atomic mass is 32.1. The quantitative estimate of drug-likeness (QED) is 0.415. The summed E-state index contributed by atoms with van der Waals surface area (Å²) < 4.78 is 2.04. The van der Waals surface area contributed by atoms with E-state index in [9.17, 15) is 4.79 Å². The molecule has 10 heteroatoms. The Balaban J connectivity index is 1.34. The lowest BCUT2D eigenvalue weighted by atomic mass is 10.1. The van der Waals surface area contributed by atoms with Gasteiger partial charge in [-0.2, -0.15) is 5.10 Å². The van der Waals surface area contributed by atoms with Gasteiger partial charge in [-0.1, -0.05) is 0 Å². The topological polar surface area (TPSA) is 94.5 Å². The average molecular weight is 491 g/mol. The van der Waals surface area contributed by atoms with Crippen molar-refractivity contribution in [3.63, 3.8) is 0 Å². The van der Waals surface area contributed by atoms with Crippen molar-refractivity contribution in [2.75, 3.05) is 31.5 Å². The van der Waals surface area contributed by atoms with Gasteiger partial charge in [0.05, 0.1) is 33.7 Å². The molecule has 2 aliphatic rings. The van der Waals surface area contributed by atoms with Crippen LogP contribution in [0.1, 0.15) is 53.0 Å². The molecule has 35 heavy (non-hydrogen) atoms. The Hall–Kier alpha value is -3.24. The monoisotopic (exact) mass is 490 g/mol. The van der Waals surface area contributed by atoms with E-state index in [-0.39, 0.29) is 5.91 Å². The second-order valence-corrected chi connectivity index (χ2v) is 10.5. The van der Waals surface area contributed by atoms with Crippen LogP contribution in [0.4, 0.5) is 10.8 Å². The number of hydrogen-bond acceptors (Lipinski definition) is 7. The minimum absolute atomic E-state index is 0.169. The maximum atomic E-state index is 13.5. The van der Waals surface area contributed by atoms with Gasteiger partial charge in [-0.3, -0.25) is 19.2 Å². The van der Waals surface area contributed by atoms with Crippen molar-refractivity contribution in [2.45, 2.75) is 45.6 Å². The van der Waals surface area contributed by atoms with Crippen LogP contribution in [-0.2, 0) is 6.54 Å². The number of piperidine rings is 1. The molecule has 182 valence electrons. The maximum Gasteiger partial charge on any atom is 0.264 e. The molecule has 2 N–H and O–H groups in total. The minimum atomic E-state index is 0.169. The van der Waals surface area contributed by atoms with Gasteiger partial charge in [0.2, 0.25) is 0 Å². The maximum absolute atomic E-state index is 13.5. The molecule has 9 nitrogen and oxygen atoms in total. The summed E-state index contributed by atoms with van der Waals surface area (Å²) in [5, 5.41) is 11.4. The molecule has 0 bridgehead atoms. The van der Waals surface area contributed by atoms with Crippen LogP contribution in [0.5, 0.6) is 0 Å². The zero-order chi connectivity index (χ0) is 23.8. The van der Waals surface area contributed by atoms with E-state index in [0.717, 1.165) is 83.6 Å². The van der Waals surface area contributed by atoms with E-state index >= 15 is 0 Å². The van der Waals surface area contributed by atoms with Gasteiger partial charge in [0.25, 0.3) is 5.91 Å². The van der Waals surface area contributed by atoms with Crippen LogP contribution in [0.15, 0.2) is 30.9 Å². The third-order valence-corrected chi connectivity index (χ3v) is 7.97. The number of nitrogens with one attached hydrogen (secondary N) is 2. The van der Waals surface area contributed by atoms with Crippen LogP contribution >= 0.6 is 11.3 Å². The summed E-state index contributed by atoms with van der Waals surface area (Å²) in [6, 6.07) is 2.14. The van der Waals surface area contributed by atoms with Crippen LogP contribution < -0.4 is 5.32 Å². The van der Waals surface area contributed by atoms with Gasteiger partial charge in [0.1, 0.15) is 0 Å². The highest BCUT2D eigenvalue weighted by Crippen LogP contribution is 2.34. The van der Waals surface area contributed by atoms with Gasteiger partial charge < -0.3 is 10.2 Å². The number of anilines is 2. The Kier molecular flexibility index (Phi) is 5.99. The number of nitrogens with zero attached hydrogens (tertiary/aromatic N) is 6. The van der Waals surface area contributed by atoms with Crippen LogP contribution in [0.25, 0.3) is 16.9 Å². The van der Waals surface area contributed by atoms with E-state index in [1.54, 1.807) is 6.20 Å². The molecular weight excluding hydrogens is 460 g/mol. The first kappa shape index (κ1) is 22.2. The van der Waals surface area contributed by atoms with Gasteiger partial charge in [-0.25, -0.2) is 9.97 Å². The third kappa shape index (κ3) is 4.43. The number of amides is 1. The second-order valence-electron chi connectivity index (χ2n) is 9.48. The molecule has 6 heterocycles. The predicted molar refractivity (Wildman–Crippen MR) is 137 cm³/mol. The SMILES string of the molecule is Cc1cn2c(-c3cn[nH]c3)cnc2c(Nc2cc(CN3CCCC3)c(C(=O)N3CCCCC3)s2)n1. The lowest BCUT2D eigenvalue weighted by Gasteiger charge is -2.27. The van der Waals surface area contributed by atoms with Crippen molar-refractivity contribution in [3.05, 3.63) is 47.0 Å². The molecule has 0 aliphatic carbocycles. The summed E-state index contributed by atoms with van der Waals surface area (Å²) in [7, 11) is 0. The van der Waals surface area contributed by atoms with Gasteiger partial charge in [-0.05, 0) is 63.7 Å². The number of thiophene rings is 1. The van der Waals surface area contributed by atoms with Crippen molar-refractivity contribution in [2.24, 2.45) is 0 Å². The first-order valence-electron chi connectivity index (χ1n) is 12.4. The summed E-state index contributed by atoms with van der Waals surface area (Å²) in [4.78, 5) is 28.2. The molecule has 4 aromatic heterocycles. The Morgan fingerprint density at radius 1 is 1.11 bits per heavy atom. The number of carbonyl (C=O) groups is 1. The number of aromatic nitrogens is 5. The zero-order valence-electron chi connectivity index (χ0n) is 20.0. The Morgan fingerprint density at radius 3 is 2.69 bits per heavy atom. The number of hydrogen-bond donors (Lipinski definition) is 2. The highest BCUT2D eigenvalue weighted by Gasteiger charge is 2.25. The molecule has 0 aromatic carbocycles. The van der Waals surface area contributed by atoms with Crippen molar-refractivity contribution < 1.29 is 4.79 Å². The number of carbonyl (C=O) groups excluding carboxylic acids is 1. The first-order chi connectivity index (χ1) is 17.2. The van der Waals surface area contributed by atoms with E-state index in [4.69, 9.17) is 4.98 Å². The molecule has 0 radical (unpaired) electrons. The van der Waals surface area contributed by atoms with Gasteiger partial charge in [-0.15, -0.1) is 11.3 Å². The number of fused-ring (bicyclic) bond motifs is 1. The summed E-state index contributed by atoms with van der Waals surface area (Å²) in [5.74, 6) is 0.855. The van der Waals surface area contributed by atoms with E-state index < -0.39 is 0 Å². The van der Waals surface area contributed by atoms with E-state index in [1.165, 1.54) is 30.6 Å². The van der Waals surface area contributed by atoms with Crippen molar-refractivity contribution in [3.8, 4) is 11.3 Å². The fourth-order valence-corrected chi connectivity index (χ4v) is 6.16. The molecule has 0 saturated carbocycles. The summed E-state index contributed by atoms with van der Waals surface area (Å²) in [6.07, 6.45) is 13.3. The number of H-pyrrole nitrogens is 1. The number of imidazole rings is 1. The molecule has 2 fully saturated rings. The number of aromatic amines is 1. The number of aryl methyl sites for hydroxylation is 1. The summed E-state index contributed by atoms with van der Waals surface area (Å²) in [5.41, 5.74) is 4.64. The second kappa shape index (κ2) is 9.43. The number of likely N-dealkylation sites (tertiary alicyclic amines) is 2. The van der Waals surface area contributed by atoms with Crippen molar-refractivity contribution in [1.29, 1.82) is 0 Å². The molecular formula is C25H30N8OS. The van der Waals surface area contributed by atoms with E-state index in [0.29, 0.717) is 5.82 Å². The molecule has 0 unspecified atom stereocenters. The minimum Gasteiger partial charge on any atom is -0.338 e. The van der Waals surface area contributed by atoms with Gasteiger partial charge in [0, 0.05) is 37.6 Å². The third-order valence-electron chi connectivity index (χ3n) is 6.89. The van der Waals surface area contributed by atoms with Crippen LogP contribution in [0.2, 0.25) is 0 Å². The lowest BCUT2D eigenvalue weighted by molar-refractivity contribution is 0.0727. The van der Waals surface area contributed by atoms with Crippen molar-refractivity contribution in [1.82, 2.24) is 34.4 Å². The fourth-order valence-electron chi connectivity index (χ4n) is 5.12. The summed E-state index contributed by atoms with van der Waals surface area (Å²) in [6.45, 7) is 6.70. The largest absolute Gasteiger partial charge is 0.338 e. The summed E-state index contributed by atoms with van der Waals surface area (Å²) >= 11 is 1.54. The van der Waals surface area contributed by atoms with Crippen LogP contribution in [0, 0.1) is 6.92 Å². The molecule has 0 atom stereocenters. The molecule has 4 aromatic rings. The standard InChI is InChI=1S/C25H30N8OS/c1-17-15-33-20(19-12-27-28-13-19)14-26-24(33)23(29-17)30-21-11-18(16-31-7-5-6-8-31)22(35-21)25(34)32-9-3-2-4-10-32/h11-15H,2-10,16H2,1H3,(H,27,28)(H,29,30). The average Bonchev–Trinajstić information content (AvgIpc) is 3.67. The van der Waals surface area contributed by atoms with E-state index in [1.807, 2.05) is 34.8 Å². The Morgan fingerprint density at radius 2 is 1.91 bits per heavy atom. The van der Waals surface area contributed by atoms with Gasteiger partial charge in [0.15, 0.2) is 11.5 Å².